The first-order chi connectivity index (χ1) is 12.4. The van der Waals surface area contributed by atoms with Crippen LogP contribution in [0, 0.1) is 6.92 Å². The minimum atomic E-state index is -3.44. The van der Waals surface area contributed by atoms with E-state index in [-0.39, 0.29) is 18.2 Å². The molecule has 0 amide bonds. The minimum Gasteiger partial charge on any atom is -0.300 e. The molecule has 3 rings (SSSR count). The van der Waals surface area contributed by atoms with E-state index in [1.165, 1.54) is 15.6 Å². The standard InChI is InChI=1S/C18H21BrN2O3S2.ClH/c1-14-2-4-15(5-3-14)26(23,24)21-12-10-20(11-13-21)9-8-16(22)17-6-7-18(19)25-17;/h2-7H,8-13H2,1H3;1H. The largest absolute Gasteiger partial charge is 0.300 e. The third kappa shape index (κ3) is 5.62. The summed E-state index contributed by atoms with van der Waals surface area (Å²) < 4.78 is 27.9. The van der Waals surface area contributed by atoms with Crippen molar-refractivity contribution in [2.75, 3.05) is 32.7 Å². The van der Waals surface area contributed by atoms with E-state index in [0.717, 1.165) is 14.2 Å². The molecule has 0 spiro atoms. The van der Waals surface area contributed by atoms with Gasteiger partial charge in [0.1, 0.15) is 0 Å². The fraction of sp³-hybridized carbons (Fsp3) is 0.389. The molecule has 1 aliphatic heterocycles. The summed E-state index contributed by atoms with van der Waals surface area (Å²) in [5, 5.41) is 0. The van der Waals surface area contributed by atoms with Gasteiger partial charge in [0.05, 0.1) is 13.6 Å². The van der Waals surface area contributed by atoms with E-state index in [0.29, 0.717) is 44.0 Å². The SMILES string of the molecule is Cc1ccc(S(=O)(=O)N2CCN(CCC(=O)c3ccc(Br)s3)CC2)cc1.Cl. The highest BCUT2D eigenvalue weighted by molar-refractivity contribution is 9.11. The van der Waals surface area contributed by atoms with Crippen molar-refractivity contribution < 1.29 is 13.2 Å². The Morgan fingerprint density at radius 1 is 1.07 bits per heavy atom. The van der Waals surface area contributed by atoms with E-state index in [1.54, 1.807) is 12.1 Å². The Labute approximate surface area is 179 Å². The maximum Gasteiger partial charge on any atom is 0.243 e. The van der Waals surface area contributed by atoms with Gasteiger partial charge >= 0.3 is 0 Å². The van der Waals surface area contributed by atoms with Crippen LogP contribution in [0.15, 0.2) is 45.1 Å². The van der Waals surface area contributed by atoms with Crippen LogP contribution >= 0.6 is 39.7 Å². The second-order valence-corrected chi connectivity index (χ2v) is 10.7. The zero-order valence-electron chi connectivity index (χ0n) is 14.9. The van der Waals surface area contributed by atoms with Gasteiger partial charge in [-0.05, 0) is 47.1 Å². The molecule has 0 unspecified atom stereocenters. The predicted octanol–water partition coefficient (Wildman–Crippen LogP) is 3.82. The van der Waals surface area contributed by atoms with Crippen LogP contribution in [0.2, 0.25) is 0 Å². The van der Waals surface area contributed by atoms with Crippen LogP contribution in [0.4, 0.5) is 0 Å². The number of hydrogen-bond donors (Lipinski definition) is 0. The van der Waals surface area contributed by atoms with Gasteiger partial charge < -0.3 is 4.90 Å². The van der Waals surface area contributed by atoms with Gasteiger partial charge in [-0.15, -0.1) is 23.7 Å². The van der Waals surface area contributed by atoms with Gasteiger partial charge in [-0.3, -0.25) is 4.79 Å². The molecule has 2 aromatic rings. The van der Waals surface area contributed by atoms with Gasteiger partial charge in [0.2, 0.25) is 10.0 Å². The van der Waals surface area contributed by atoms with E-state index < -0.39 is 10.0 Å². The van der Waals surface area contributed by atoms with Gasteiger partial charge in [-0.2, -0.15) is 4.31 Å². The molecule has 0 atom stereocenters. The van der Waals surface area contributed by atoms with Crippen molar-refractivity contribution >= 4 is 55.5 Å². The summed E-state index contributed by atoms with van der Waals surface area (Å²) in [6.07, 6.45) is 0.456. The van der Waals surface area contributed by atoms with E-state index in [4.69, 9.17) is 0 Å². The molecule has 1 aliphatic rings. The first-order valence-corrected chi connectivity index (χ1v) is 11.5. The maximum absolute atomic E-state index is 12.7. The average molecular weight is 494 g/mol. The fourth-order valence-corrected chi connectivity index (χ4v) is 5.68. The number of aryl methyl sites for hydroxylation is 1. The zero-order chi connectivity index (χ0) is 18.7. The van der Waals surface area contributed by atoms with Gasteiger partial charge in [0.15, 0.2) is 5.78 Å². The highest BCUT2D eigenvalue weighted by Crippen LogP contribution is 2.23. The lowest BCUT2D eigenvalue weighted by molar-refractivity contribution is 0.0956. The molecule has 27 heavy (non-hydrogen) atoms. The van der Waals surface area contributed by atoms with Crippen LogP contribution < -0.4 is 0 Å². The number of sulfonamides is 1. The number of carbonyl (C=O) groups is 1. The Balaban J connectivity index is 0.00000261. The van der Waals surface area contributed by atoms with Crippen molar-refractivity contribution in [3.63, 3.8) is 0 Å². The molecule has 0 aliphatic carbocycles. The Morgan fingerprint density at radius 2 is 1.70 bits per heavy atom. The zero-order valence-corrected chi connectivity index (χ0v) is 19.0. The Bertz CT molecular complexity index is 876. The number of piperazine rings is 1. The van der Waals surface area contributed by atoms with Crippen molar-refractivity contribution in [3.8, 4) is 0 Å². The molecular formula is C18H22BrClN2O3S2. The van der Waals surface area contributed by atoms with Crippen LogP contribution in [-0.4, -0.2) is 56.1 Å². The summed E-state index contributed by atoms with van der Waals surface area (Å²) in [6, 6.07) is 10.7. The molecule has 1 fully saturated rings. The summed E-state index contributed by atoms with van der Waals surface area (Å²) in [5.41, 5.74) is 1.04. The lowest BCUT2D eigenvalue weighted by atomic mass is 10.2. The lowest BCUT2D eigenvalue weighted by Gasteiger charge is -2.33. The number of rotatable bonds is 6. The number of hydrogen-bond acceptors (Lipinski definition) is 5. The van der Waals surface area contributed by atoms with Crippen molar-refractivity contribution in [2.24, 2.45) is 0 Å². The molecule has 0 bridgehead atoms. The second-order valence-electron chi connectivity index (χ2n) is 6.34. The predicted molar refractivity (Wildman–Crippen MR) is 115 cm³/mol. The van der Waals surface area contributed by atoms with E-state index in [1.807, 2.05) is 31.2 Å². The molecule has 1 aromatic heterocycles. The number of Topliss-reactive ketones (excluding diaryl/α,β-unsaturated/α-hetero) is 1. The average Bonchev–Trinajstić information content (AvgIpc) is 3.07. The third-order valence-corrected chi connectivity index (χ3v) is 8.07. The van der Waals surface area contributed by atoms with Gasteiger partial charge in [0, 0.05) is 39.1 Å². The Morgan fingerprint density at radius 3 is 2.26 bits per heavy atom. The Kier molecular flexibility index (Phi) is 8.03. The molecule has 0 N–H and O–H groups in total. The number of carbonyl (C=O) groups excluding carboxylic acids is 1. The molecule has 2 heterocycles. The van der Waals surface area contributed by atoms with Crippen LogP contribution in [0.5, 0.6) is 0 Å². The Hall–Kier alpha value is -0.770. The lowest BCUT2D eigenvalue weighted by Crippen LogP contribution is -2.48. The van der Waals surface area contributed by atoms with Crippen molar-refractivity contribution in [2.45, 2.75) is 18.2 Å². The molecule has 0 radical (unpaired) electrons. The van der Waals surface area contributed by atoms with Crippen molar-refractivity contribution in [1.82, 2.24) is 9.21 Å². The van der Waals surface area contributed by atoms with Crippen LogP contribution in [0.3, 0.4) is 0 Å². The van der Waals surface area contributed by atoms with Crippen molar-refractivity contribution in [3.05, 3.63) is 50.6 Å². The summed E-state index contributed by atoms with van der Waals surface area (Å²) >= 11 is 4.82. The highest BCUT2D eigenvalue weighted by Gasteiger charge is 2.28. The van der Waals surface area contributed by atoms with Crippen LogP contribution in [0.25, 0.3) is 0 Å². The first-order valence-electron chi connectivity index (χ1n) is 8.44. The summed E-state index contributed by atoms with van der Waals surface area (Å²) in [6.45, 7) is 4.79. The maximum atomic E-state index is 12.7. The molecule has 0 saturated carbocycles. The molecule has 5 nitrogen and oxygen atoms in total. The van der Waals surface area contributed by atoms with Gasteiger partial charge in [-0.25, -0.2) is 8.42 Å². The van der Waals surface area contributed by atoms with Crippen molar-refractivity contribution in [1.29, 1.82) is 0 Å². The molecule has 9 heteroatoms. The summed E-state index contributed by atoms with van der Waals surface area (Å²) in [5.74, 6) is 0.135. The van der Waals surface area contributed by atoms with E-state index >= 15 is 0 Å². The summed E-state index contributed by atoms with van der Waals surface area (Å²) in [4.78, 5) is 15.5. The quantitative estimate of drug-likeness (QED) is 0.574. The normalized spacial score (nSPS) is 16.1. The third-order valence-electron chi connectivity index (χ3n) is 4.49. The van der Waals surface area contributed by atoms with Crippen LogP contribution in [0.1, 0.15) is 21.7 Å². The molecular weight excluding hydrogens is 472 g/mol. The van der Waals surface area contributed by atoms with Crippen LogP contribution in [-0.2, 0) is 10.0 Å². The second kappa shape index (κ2) is 9.62. The number of halogens is 2. The molecule has 148 valence electrons. The number of thiophene rings is 1. The van der Waals surface area contributed by atoms with E-state index in [2.05, 4.69) is 20.8 Å². The number of ketones is 1. The van der Waals surface area contributed by atoms with Gasteiger partial charge in [0.25, 0.3) is 0 Å². The number of nitrogens with zero attached hydrogens (tertiary/aromatic N) is 2. The molecule has 1 saturated heterocycles. The minimum absolute atomic E-state index is 0. The number of benzene rings is 1. The smallest absolute Gasteiger partial charge is 0.243 e. The summed E-state index contributed by atoms with van der Waals surface area (Å²) in [7, 11) is -3.44. The first kappa shape index (κ1) is 22.5. The molecule has 1 aromatic carbocycles. The topological polar surface area (TPSA) is 57.7 Å². The fourth-order valence-electron chi connectivity index (χ4n) is 2.90. The monoisotopic (exact) mass is 492 g/mol. The van der Waals surface area contributed by atoms with E-state index in [9.17, 15) is 13.2 Å². The van der Waals surface area contributed by atoms with Gasteiger partial charge in [-0.1, -0.05) is 17.7 Å². The highest BCUT2D eigenvalue weighted by atomic mass is 79.9.